The molecule has 1 heterocycles. The second kappa shape index (κ2) is 4.20. The molecule has 15 heavy (non-hydrogen) atoms. The van der Waals surface area contributed by atoms with Crippen molar-refractivity contribution in [3.05, 3.63) is 44.9 Å². The van der Waals surface area contributed by atoms with Crippen molar-refractivity contribution in [3.8, 4) is 0 Å². The Bertz CT molecular complexity index is 487. The first-order chi connectivity index (χ1) is 7.15. The molecule has 0 aliphatic heterocycles. The summed E-state index contributed by atoms with van der Waals surface area (Å²) in [5.41, 5.74) is 0.379. The van der Waals surface area contributed by atoms with E-state index in [1.54, 1.807) is 0 Å². The van der Waals surface area contributed by atoms with Gasteiger partial charge in [-0.2, -0.15) is 0 Å². The van der Waals surface area contributed by atoms with Gasteiger partial charge in [0.05, 0.1) is 0 Å². The topological polar surface area (TPSA) is 25.8 Å². The summed E-state index contributed by atoms with van der Waals surface area (Å²) in [4.78, 5) is 0. The number of hydrogen-bond acceptors (Lipinski definition) is 3. The molecular weight excluding hydrogens is 242 g/mol. The largest absolute Gasteiger partial charge is 0.207 e. The van der Waals surface area contributed by atoms with Gasteiger partial charge in [-0.3, -0.25) is 0 Å². The number of hydrogen-bond donors (Lipinski definition) is 0. The summed E-state index contributed by atoms with van der Waals surface area (Å²) in [7, 11) is 0. The summed E-state index contributed by atoms with van der Waals surface area (Å²) in [5, 5.41) is 7.95. The molecule has 0 bridgehead atoms. The van der Waals surface area contributed by atoms with Crippen molar-refractivity contribution in [2.75, 3.05) is 0 Å². The lowest BCUT2D eigenvalue weighted by atomic mass is 10.1. The van der Waals surface area contributed by atoms with Gasteiger partial charge in [-0.25, -0.2) is 8.78 Å². The summed E-state index contributed by atoms with van der Waals surface area (Å²) in [6.07, 6.45) is 0.274. The number of rotatable bonds is 2. The molecule has 2 aromatic rings. The minimum Gasteiger partial charge on any atom is -0.207 e. The quantitative estimate of drug-likeness (QED) is 0.814. The fourth-order valence-electron chi connectivity index (χ4n) is 1.13. The number of benzene rings is 1. The fraction of sp³-hybridized carbons (Fsp3) is 0.111. The second-order valence-corrected chi connectivity index (χ2v) is 4.51. The average Bonchev–Trinajstić information content (AvgIpc) is 2.56. The lowest BCUT2D eigenvalue weighted by molar-refractivity contribution is 0.574. The molecular formula is C9H5ClF2N2S. The van der Waals surface area contributed by atoms with Crippen LogP contribution in [0.2, 0.25) is 4.47 Å². The van der Waals surface area contributed by atoms with Gasteiger partial charge in [0.15, 0.2) is 0 Å². The normalized spacial score (nSPS) is 10.6. The van der Waals surface area contributed by atoms with Crippen LogP contribution in [0, 0.1) is 11.6 Å². The van der Waals surface area contributed by atoms with E-state index in [9.17, 15) is 8.78 Å². The highest BCUT2D eigenvalue weighted by molar-refractivity contribution is 7.15. The summed E-state index contributed by atoms with van der Waals surface area (Å²) in [6, 6.07) is 3.44. The van der Waals surface area contributed by atoms with Crippen LogP contribution in [-0.4, -0.2) is 10.2 Å². The molecule has 0 saturated heterocycles. The zero-order valence-electron chi connectivity index (χ0n) is 7.38. The van der Waals surface area contributed by atoms with Gasteiger partial charge >= 0.3 is 0 Å². The Balaban J connectivity index is 2.24. The molecule has 1 aromatic carbocycles. The van der Waals surface area contributed by atoms with Crippen molar-refractivity contribution in [1.29, 1.82) is 0 Å². The molecule has 0 radical (unpaired) electrons. The van der Waals surface area contributed by atoms with Crippen molar-refractivity contribution < 1.29 is 8.78 Å². The second-order valence-electron chi connectivity index (χ2n) is 2.86. The van der Waals surface area contributed by atoms with E-state index in [1.807, 2.05) is 0 Å². The molecule has 78 valence electrons. The average molecular weight is 247 g/mol. The van der Waals surface area contributed by atoms with E-state index in [1.165, 1.54) is 23.5 Å². The van der Waals surface area contributed by atoms with Crippen LogP contribution in [0.25, 0.3) is 0 Å². The molecule has 6 heteroatoms. The molecule has 0 spiro atoms. The standard InChI is InChI=1S/C9H5ClF2N2S/c10-9-14-13-8(15-9)3-5-1-2-6(11)4-7(5)12/h1-2,4H,3H2. The van der Waals surface area contributed by atoms with Gasteiger partial charge in [-0.15, -0.1) is 10.2 Å². The van der Waals surface area contributed by atoms with E-state index < -0.39 is 11.6 Å². The van der Waals surface area contributed by atoms with E-state index in [-0.39, 0.29) is 6.42 Å². The van der Waals surface area contributed by atoms with Gasteiger partial charge in [0.25, 0.3) is 0 Å². The van der Waals surface area contributed by atoms with Crippen LogP contribution in [0.15, 0.2) is 18.2 Å². The van der Waals surface area contributed by atoms with E-state index >= 15 is 0 Å². The molecule has 0 fully saturated rings. The van der Waals surface area contributed by atoms with Crippen LogP contribution in [0.3, 0.4) is 0 Å². The van der Waals surface area contributed by atoms with Crippen LogP contribution in [0.1, 0.15) is 10.6 Å². The number of nitrogens with zero attached hydrogens (tertiary/aromatic N) is 2. The molecule has 2 nitrogen and oxygen atoms in total. The first kappa shape index (κ1) is 10.4. The Morgan fingerprint density at radius 3 is 2.67 bits per heavy atom. The van der Waals surface area contributed by atoms with E-state index in [0.29, 0.717) is 15.0 Å². The molecule has 2 rings (SSSR count). The predicted octanol–water partition coefficient (Wildman–Crippen LogP) is 3.06. The Morgan fingerprint density at radius 1 is 1.27 bits per heavy atom. The monoisotopic (exact) mass is 246 g/mol. The van der Waals surface area contributed by atoms with Gasteiger partial charge in [0.1, 0.15) is 16.6 Å². The van der Waals surface area contributed by atoms with Crippen LogP contribution >= 0.6 is 22.9 Å². The van der Waals surface area contributed by atoms with Gasteiger partial charge in [0, 0.05) is 12.5 Å². The van der Waals surface area contributed by atoms with Gasteiger partial charge in [-0.05, 0) is 23.2 Å². The maximum atomic E-state index is 13.2. The highest BCUT2D eigenvalue weighted by atomic mass is 35.5. The molecule has 0 saturated carbocycles. The smallest absolute Gasteiger partial charge is 0.207 e. The molecule has 0 amide bonds. The van der Waals surface area contributed by atoms with E-state index in [2.05, 4.69) is 10.2 Å². The van der Waals surface area contributed by atoms with Crippen molar-refractivity contribution in [3.63, 3.8) is 0 Å². The molecule has 0 aliphatic rings. The first-order valence-corrected chi connectivity index (χ1v) is 5.26. The highest BCUT2D eigenvalue weighted by Gasteiger charge is 2.08. The Kier molecular flexibility index (Phi) is 2.93. The number of aromatic nitrogens is 2. The van der Waals surface area contributed by atoms with Crippen molar-refractivity contribution in [1.82, 2.24) is 10.2 Å². The zero-order valence-corrected chi connectivity index (χ0v) is 8.95. The lowest BCUT2D eigenvalue weighted by Gasteiger charge is -1.99. The van der Waals surface area contributed by atoms with Crippen molar-refractivity contribution in [2.24, 2.45) is 0 Å². The number of halogens is 3. The maximum absolute atomic E-state index is 13.2. The summed E-state index contributed by atoms with van der Waals surface area (Å²) >= 11 is 6.76. The molecule has 0 unspecified atom stereocenters. The minimum absolute atomic E-state index is 0.274. The minimum atomic E-state index is -0.591. The Morgan fingerprint density at radius 2 is 2.07 bits per heavy atom. The highest BCUT2D eigenvalue weighted by Crippen LogP contribution is 2.19. The van der Waals surface area contributed by atoms with E-state index in [4.69, 9.17) is 11.6 Å². The predicted molar refractivity (Wildman–Crippen MR) is 54.1 cm³/mol. The third-order valence-electron chi connectivity index (χ3n) is 1.80. The summed E-state index contributed by atoms with van der Waals surface area (Å²) in [6.45, 7) is 0. The Hall–Kier alpha value is -1.07. The Labute approximate surface area is 93.5 Å². The lowest BCUT2D eigenvalue weighted by Crippen LogP contribution is -1.93. The van der Waals surface area contributed by atoms with Gasteiger partial charge in [-0.1, -0.05) is 17.4 Å². The fourth-order valence-corrected chi connectivity index (χ4v) is 2.02. The zero-order chi connectivity index (χ0) is 10.8. The summed E-state index contributed by atoms with van der Waals surface area (Å²) in [5.74, 6) is -1.17. The first-order valence-electron chi connectivity index (χ1n) is 4.07. The van der Waals surface area contributed by atoms with Crippen LogP contribution < -0.4 is 0 Å². The summed E-state index contributed by atoms with van der Waals surface area (Å²) < 4.78 is 26.1. The van der Waals surface area contributed by atoms with Gasteiger partial charge < -0.3 is 0 Å². The van der Waals surface area contributed by atoms with Crippen LogP contribution in [-0.2, 0) is 6.42 Å². The maximum Gasteiger partial charge on any atom is 0.207 e. The van der Waals surface area contributed by atoms with Crippen LogP contribution in [0.5, 0.6) is 0 Å². The third-order valence-corrected chi connectivity index (χ3v) is 2.82. The van der Waals surface area contributed by atoms with Crippen molar-refractivity contribution >= 4 is 22.9 Å². The molecule has 0 N–H and O–H groups in total. The van der Waals surface area contributed by atoms with Crippen LogP contribution in [0.4, 0.5) is 8.78 Å². The van der Waals surface area contributed by atoms with Crippen molar-refractivity contribution in [2.45, 2.75) is 6.42 Å². The molecule has 1 aromatic heterocycles. The van der Waals surface area contributed by atoms with E-state index in [0.717, 1.165) is 6.07 Å². The van der Waals surface area contributed by atoms with Gasteiger partial charge in [0.2, 0.25) is 4.47 Å². The molecule has 0 aliphatic carbocycles. The SMILES string of the molecule is Fc1ccc(Cc2nnc(Cl)s2)c(F)c1. The third kappa shape index (κ3) is 2.49. The molecule has 0 atom stereocenters.